The highest BCUT2D eigenvalue weighted by Gasteiger charge is 2.16. The van der Waals surface area contributed by atoms with Gasteiger partial charge in [0.15, 0.2) is 11.5 Å². The van der Waals surface area contributed by atoms with E-state index in [9.17, 15) is 0 Å². The molecule has 0 fully saturated rings. The third kappa shape index (κ3) is 3.30. The van der Waals surface area contributed by atoms with Crippen molar-refractivity contribution in [2.75, 3.05) is 14.2 Å². The molecule has 1 atom stereocenters. The summed E-state index contributed by atoms with van der Waals surface area (Å²) in [4.78, 5) is 0. The molecule has 98 valence electrons. The van der Waals surface area contributed by atoms with Crippen molar-refractivity contribution in [2.45, 2.75) is 18.9 Å². The second kappa shape index (κ2) is 7.12. The predicted octanol–water partition coefficient (Wildman–Crippen LogP) is 2.28. The molecule has 5 heteroatoms. The number of hydrazine groups is 1. The molecule has 0 aliphatic heterocycles. The first-order valence-electron chi connectivity index (χ1n) is 5.48. The summed E-state index contributed by atoms with van der Waals surface area (Å²) in [6.45, 7) is 0. The van der Waals surface area contributed by atoms with Gasteiger partial charge < -0.3 is 9.47 Å². The highest BCUT2D eigenvalue weighted by atomic mass is 35.5. The SMILES string of the molecule is C#CCCC(NN)c1cc(Cl)c(OC)c(OC)c1. The lowest BCUT2D eigenvalue weighted by Gasteiger charge is -2.18. The van der Waals surface area contributed by atoms with Gasteiger partial charge in [-0.05, 0) is 24.1 Å². The van der Waals surface area contributed by atoms with E-state index >= 15 is 0 Å². The quantitative estimate of drug-likeness (QED) is 0.472. The van der Waals surface area contributed by atoms with Crippen molar-refractivity contribution in [3.05, 3.63) is 22.7 Å². The van der Waals surface area contributed by atoms with E-state index in [0.29, 0.717) is 22.9 Å². The predicted molar refractivity (Wildman–Crippen MR) is 72.7 cm³/mol. The minimum atomic E-state index is -0.0710. The summed E-state index contributed by atoms with van der Waals surface area (Å²) in [5.41, 5.74) is 3.63. The van der Waals surface area contributed by atoms with E-state index in [1.165, 1.54) is 0 Å². The molecule has 1 aromatic rings. The number of terminal acetylenes is 1. The van der Waals surface area contributed by atoms with Gasteiger partial charge in [-0.25, -0.2) is 0 Å². The molecule has 0 spiro atoms. The first kappa shape index (κ1) is 14.7. The van der Waals surface area contributed by atoms with Crippen molar-refractivity contribution in [3.63, 3.8) is 0 Å². The van der Waals surface area contributed by atoms with Crippen LogP contribution in [-0.2, 0) is 0 Å². The number of benzene rings is 1. The maximum atomic E-state index is 6.13. The number of nitrogens with two attached hydrogens (primary N) is 1. The molecule has 0 amide bonds. The van der Waals surface area contributed by atoms with E-state index in [4.69, 9.17) is 33.3 Å². The summed E-state index contributed by atoms with van der Waals surface area (Å²) in [6, 6.07) is 3.56. The normalized spacial score (nSPS) is 11.7. The first-order valence-corrected chi connectivity index (χ1v) is 5.86. The van der Waals surface area contributed by atoms with Gasteiger partial charge in [-0.1, -0.05) is 11.6 Å². The maximum absolute atomic E-state index is 6.13. The second-order valence-electron chi connectivity index (χ2n) is 3.70. The molecule has 0 aliphatic carbocycles. The van der Waals surface area contributed by atoms with E-state index in [1.807, 2.05) is 6.07 Å². The van der Waals surface area contributed by atoms with Crippen molar-refractivity contribution in [1.82, 2.24) is 5.43 Å². The average molecular weight is 269 g/mol. The Labute approximate surface area is 112 Å². The first-order chi connectivity index (χ1) is 8.67. The fraction of sp³-hybridized carbons (Fsp3) is 0.385. The molecule has 0 radical (unpaired) electrons. The van der Waals surface area contributed by atoms with Crippen molar-refractivity contribution in [3.8, 4) is 23.8 Å². The molecular formula is C13H17ClN2O2. The number of nitrogens with one attached hydrogen (secondary N) is 1. The Hall–Kier alpha value is -1.41. The van der Waals surface area contributed by atoms with Crippen LogP contribution in [-0.4, -0.2) is 14.2 Å². The lowest BCUT2D eigenvalue weighted by Crippen LogP contribution is -2.28. The van der Waals surface area contributed by atoms with Crippen LogP contribution < -0.4 is 20.7 Å². The highest BCUT2D eigenvalue weighted by Crippen LogP contribution is 2.38. The molecule has 0 bridgehead atoms. The minimum Gasteiger partial charge on any atom is -0.493 e. The maximum Gasteiger partial charge on any atom is 0.179 e. The van der Waals surface area contributed by atoms with Gasteiger partial charge in [0.2, 0.25) is 0 Å². The zero-order valence-electron chi connectivity index (χ0n) is 10.5. The molecule has 0 saturated heterocycles. The molecule has 4 nitrogen and oxygen atoms in total. The van der Waals surface area contributed by atoms with Crippen LogP contribution in [0.3, 0.4) is 0 Å². The van der Waals surface area contributed by atoms with Crippen LogP contribution in [0.15, 0.2) is 12.1 Å². The fourth-order valence-electron chi connectivity index (χ4n) is 1.71. The van der Waals surface area contributed by atoms with Crippen LogP contribution >= 0.6 is 11.6 Å². The van der Waals surface area contributed by atoms with Crippen molar-refractivity contribution in [1.29, 1.82) is 0 Å². The zero-order chi connectivity index (χ0) is 13.5. The van der Waals surface area contributed by atoms with E-state index in [-0.39, 0.29) is 6.04 Å². The van der Waals surface area contributed by atoms with Gasteiger partial charge >= 0.3 is 0 Å². The molecule has 1 aromatic carbocycles. The Morgan fingerprint density at radius 3 is 2.67 bits per heavy atom. The summed E-state index contributed by atoms with van der Waals surface area (Å²) < 4.78 is 10.4. The topological polar surface area (TPSA) is 56.5 Å². The third-order valence-electron chi connectivity index (χ3n) is 2.64. The third-order valence-corrected chi connectivity index (χ3v) is 2.92. The van der Waals surface area contributed by atoms with Crippen molar-refractivity contribution < 1.29 is 9.47 Å². The van der Waals surface area contributed by atoms with E-state index in [0.717, 1.165) is 12.0 Å². The van der Waals surface area contributed by atoms with Crippen LogP contribution in [0.1, 0.15) is 24.4 Å². The van der Waals surface area contributed by atoms with Crippen LogP contribution in [0.2, 0.25) is 5.02 Å². The number of methoxy groups -OCH3 is 2. The number of halogens is 1. The largest absolute Gasteiger partial charge is 0.493 e. The highest BCUT2D eigenvalue weighted by molar-refractivity contribution is 6.32. The average Bonchev–Trinajstić information content (AvgIpc) is 2.38. The van der Waals surface area contributed by atoms with Crippen LogP contribution in [0.25, 0.3) is 0 Å². The zero-order valence-corrected chi connectivity index (χ0v) is 11.3. The Bertz CT molecular complexity index is 443. The molecule has 0 aliphatic rings. The molecule has 0 heterocycles. The Balaban J connectivity index is 3.09. The van der Waals surface area contributed by atoms with Gasteiger partial charge in [0, 0.05) is 12.5 Å². The second-order valence-corrected chi connectivity index (χ2v) is 4.11. The van der Waals surface area contributed by atoms with Gasteiger partial charge in [0.25, 0.3) is 0 Å². The smallest absolute Gasteiger partial charge is 0.179 e. The van der Waals surface area contributed by atoms with E-state index in [1.54, 1.807) is 20.3 Å². The van der Waals surface area contributed by atoms with Crippen LogP contribution in [0.4, 0.5) is 0 Å². The van der Waals surface area contributed by atoms with Crippen molar-refractivity contribution in [2.24, 2.45) is 5.84 Å². The fourth-order valence-corrected chi connectivity index (χ4v) is 2.01. The summed E-state index contributed by atoms with van der Waals surface area (Å²) in [6.07, 6.45) is 6.60. The number of hydrogen-bond donors (Lipinski definition) is 2. The monoisotopic (exact) mass is 268 g/mol. The van der Waals surface area contributed by atoms with E-state index < -0.39 is 0 Å². The lowest BCUT2D eigenvalue weighted by atomic mass is 10.0. The van der Waals surface area contributed by atoms with Gasteiger partial charge in [-0.2, -0.15) is 0 Å². The summed E-state index contributed by atoms with van der Waals surface area (Å²) in [5.74, 6) is 9.19. The standard InChI is InChI=1S/C13H17ClN2O2/c1-4-5-6-11(16-15)9-7-10(14)13(18-3)12(8-9)17-2/h1,7-8,11,16H,5-6,15H2,2-3H3. The Morgan fingerprint density at radius 1 is 1.44 bits per heavy atom. The van der Waals surface area contributed by atoms with Gasteiger partial charge in [-0.3, -0.25) is 11.3 Å². The molecule has 1 rings (SSSR count). The molecule has 3 N–H and O–H groups in total. The Morgan fingerprint density at radius 2 is 2.17 bits per heavy atom. The number of hydrogen-bond acceptors (Lipinski definition) is 4. The minimum absolute atomic E-state index is 0.0710. The lowest BCUT2D eigenvalue weighted by molar-refractivity contribution is 0.354. The molecule has 18 heavy (non-hydrogen) atoms. The van der Waals surface area contributed by atoms with Gasteiger partial charge in [0.1, 0.15) is 0 Å². The Kier molecular flexibility index (Phi) is 5.79. The summed E-state index contributed by atoms with van der Waals surface area (Å²) >= 11 is 6.13. The van der Waals surface area contributed by atoms with E-state index in [2.05, 4.69) is 11.3 Å². The number of ether oxygens (including phenoxy) is 2. The van der Waals surface area contributed by atoms with Crippen LogP contribution in [0, 0.1) is 12.3 Å². The van der Waals surface area contributed by atoms with Gasteiger partial charge in [0.05, 0.1) is 19.2 Å². The van der Waals surface area contributed by atoms with Crippen molar-refractivity contribution >= 4 is 11.6 Å². The molecule has 0 aromatic heterocycles. The summed E-state index contributed by atoms with van der Waals surface area (Å²) in [5, 5.41) is 0.479. The van der Waals surface area contributed by atoms with Gasteiger partial charge in [-0.15, -0.1) is 12.3 Å². The molecule has 1 unspecified atom stereocenters. The van der Waals surface area contributed by atoms with Crippen LogP contribution in [0.5, 0.6) is 11.5 Å². The number of rotatable bonds is 6. The molecular weight excluding hydrogens is 252 g/mol. The summed E-state index contributed by atoms with van der Waals surface area (Å²) in [7, 11) is 3.10. The molecule has 0 saturated carbocycles.